The smallest absolute Gasteiger partial charge is 0.321 e. The molecule has 0 spiro atoms. The van der Waals surface area contributed by atoms with Gasteiger partial charge in [-0.05, 0) is 29.3 Å². The fraction of sp³-hybridized carbons (Fsp3) is 0.286. The molecule has 1 saturated heterocycles. The molecule has 0 bridgehead atoms. The molecule has 1 heterocycles. The predicted octanol–water partition coefficient (Wildman–Crippen LogP) is 3.19. The topological polar surface area (TPSA) is 44.8 Å². The molecular formula is C21H25N3O2. The summed E-state index contributed by atoms with van der Waals surface area (Å²) in [7, 11) is 1.64. The second kappa shape index (κ2) is 9.06. The van der Waals surface area contributed by atoms with Gasteiger partial charge >= 0.3 is 6.03 Å². The normalized spacial score (nSPS) is 15.2. The lowest BCUT2D eigenvalue weighted by molar-refractivity contribution is 0.137. The average molecular weight is 351 g/mol. The van der Waals surface area contributed by atoms with Gasteiger partial charge in [0, 0.05) is 38.9 Å². The Morgan fingerprint density at radius 3 is 2.38 bits per heavy atom. The summed E-state index contributed by atoms with van der Waals surface area (Å²) in [4.78, 5) is 16.5. The van der Waals surface area contributed by atoms with E-state index in [1.165, 1.54) is 5.56 Å². The van der Waals surface area contributed by atoms with Gasteiger partial charge in [-0.3, -0.25) is 4.90 Å². The van der Waals surface area contributed by atoms with Crippen LogP contribution in [0.1, 0.15) is 11.1 Å². The second-order valence-electron chi connectivity index (χ2n) is 6.30. The van der Waals surface area contributed by atoms with E-state index in [4.69, 9.17) is 4.74 Å². The SMILES string of the molecule is COc1ccc(/C=C/NC(=O)N2CCN(Cc3ccccc3)CC2)cc1. The number of amides is 2. The Morgan fingerprint density at radius 2 is 1.73 bits per heavy atom. The minimum Gasteiger partial charge on any atom is -0.497 e. The van der Waals surface area contributed by atoms with Crippen molar-refractivity contribution in [3.63, 3.8) is 0 Å². The Labute approximate surface area is 154 Å². The van der Waals surface area contributed by atoms with Gasteiger partial charge in [-0.15, -0.1) is 0 Å². The lowest BCUT2D eigenvalue weighted by Gasteiger charge is -2.34. The predicted molar refractivity (Wildman–Crippen MR) is 104 cm³/mol. The lowest BCUT2D eigenvalue weighted by atomic mass is 10.2. The van der Waals surface area contributed by atoms with E-state index in [0.29, 0.717) is 0 Å². The first-order chi connectivity index (χ1) is 12.7. The number of nitrogens with one attached hydrogen (secondary N) is 1. The summed E-state index contributed by atoms with van der Waals surface area (Å²) in [5.41, 5.74) is 2.33. The van der Waals surface area contributed by atoms with Gasteiger partial charge in [0.05, 0.1) is 7.11 Å². The first-order valence-electron chi connectivity index (χ1n) is 8.87. The van der Waals surface area contributed by atoms with Gasteiger partial charge in [0.1, 0.15) is 5.75 Å². The summed E-state index contributed by atoms with van der Waals surface area (Å²) in [5, 5.41) is 2.85. The first-order valence-corrected chi connectivity index (χ1v) is 8.87. The summed E-state index contributed by atoms with van der Waals surface area (Å²) < 4.78 is 5.13. The van der Waals surface area contributed by atoms with Crippen molar-refractivity contribution in [2.75, 3.05) is 33.3 Å². The maximum Gasteiger partial charge on any atom is 0.321 e. The number of rotatable bonds is 5. The molecule has 0 radical (unpaired) electrons. The number of carbonyl (C=O) groups is 1. The first kappa shape index (κ1) is 18.0. The number of hydrogen-bond acceptors (Lipinski definition) is 3. The summed E-state index contributed by atoms with van der Waals surface area (Å²) in [6.07, 6.45) is 3.57. The van der Waals surface area contributed by atoms with Crippen LogP contribution in [-0.4, -0.2) is 49.1 Å². The maximum absolute atomic E-state index is 12.3. The van der Waals surface area contributed by atoms with Crippen LogP contribution >= 0.6 is 0 Å². The van der Waals surface area contributed by atoms with E-state index < -0.39 is 0 Å². The van der Waals surface area contributed by atoms with Crippen LogP contribution in [0.15, 0.2) is 60.8 Å². The molecule has 2 aromatic rings. The molecule has 1 aliphatic heterocycles. The highest BCUT2D eigenvalue weighted by Crippen LogP contribution is 2.12. The zero-order chi connectivity index (χ0) is 18.2. The van der Waals surface area contributed by atoms with Crippen LogP contribution in [0.25, 0.3) is 6.08 Å². The molecule has 2 aromatic carbocycles. The van der Waals surface area contributed by atoms with E-state index in [0.717, 1.165) is 44.0 Å². The number of methoxy groups -OCH3 is 1. The molecule has 1 N–H and O–H groups in total. The van der Waals surface area contributed by atoms with E-state index in [1.54, 1.807) is 13.3 Å². The van der Waals surface area contributed by atoms with E-state index in [-0.39, 0.29) is 6.03 Å². The van der Waals surface area contributed by atoms with Crippen molar-refractivity contribution in [2.24, 2.45) is 0 Å². The van der Waals surface area contributed by atoms with Gasteiger partial charge in [-0.1, -0.05) is 42.5 Å². The fourth-order valence-corrected chi connectivity index (χ4v) is 2.97. The van der Waals surface area contributed by atoms with Gasteiger partial charge in [-0.25, -0.2) is 4.79 Å². The van der Waals surface area contributed by atoms with Crippen LogP contribution in [0, 0.1) is 0 Å². The van der Waals surface area contributed by atoms with Gasteiger partial charge < -0.3 is 15.0 Å². The van der Waals surface area contributed by atoms with E-state index in [9.17, 15) is 4.79 Å². The molecule has 5 nitrogen and oxygen atoms in total. The molecule has 0 unspecified atom stereocenters. The summed E-state index contributed by atoms with van der Waals surface area (Å²) >= 11 is 0. The number of ether oxygens (including phenoxy) is 1. The highest BCUT2D eigenvalue weighted by molar-refractivity contribution is 5.76. The Kier molecular flexibility index (Phi) is 6.28. The Morgan fingerprint density at radius 1 is 1.04 bits per heavy atom. The van der Waals surface area contributed by atoms with Crippen molar-refractivity contribution in [1.29, 1.82) is 0 Å². The van der Waals surface area contributed by atoms with Crippen LogP contribution in [-0.2, 0) is 6.54 Å². The Balaban J connectivity index is 1.42. The third-order valence-corrected chi connectivity index (χ3v) is 4.51. The van der Waals surface area contributed by atoms with Gasteiger partial charge in [-0.2, -0.15) is 0 Å². The van der Waals surface area contributed by atoms with Crippen molar-refractivity contribution in [3.8, 4) is 5.75 Å². The average Bonchev–Trinajstić information content (AvgIpc) is 2.70. The number of urea groups is 1. The van der Waals surface area contributed by atoms with Gasteiger partial charge in [0.15, 0.2) is 0 Å². The number of carbonyl (C=O) groups excluding carboxylic acids is 1. The zero-order valence-electron chi connectivity index (χ0n) is 15.1. The molecule has 136 valence electrons. The quantitative estimate of drug-likeness (QED) is 0.900. The highest BCUT2D eigenvalue weighted by Gasteiger charge is 2.20. The number of hydrogen-bond donors (Lipinski definition) is 1. The molecule has 0 saturated carbocycles. The van der Waals surface area contributed by atoms with Crippen LogP contribution in [0.4, 0.5) is 4.79 Å². The molecule has 3 rings (SSSR count). The third kappa shape index (κ3) is 5.10. The fourth-order valence-electron chi connectivity index (χ4n) is 2.97. The van der Waals surface area contributed by atoms with Crippen molar-refractivity contribution >= 4 is 12.1 Å². The van der Waals surface area contributed by atoms with Crippen molar-refractivity contribution in [3.05, 3.63) is 71.9 Å². The van der Waals surface area contributed by atoms with Crippen molar-refractivity contribution in [1.82, 2.24) is 15.1 Å². The number of benzene rings is 2. The van der Waals surface area contributed by atoms with E-state index >= 15 is 0 Å². The molecule has 2 amide bonds. The minimum absolute atomic E-state index is 0.0471. The van der Waals surface area contributed by atoms with Gasteiger partial charge in [0.25, 0.3) is 0 Å². The highest BCUT2D eigenvalue weighted by atomic mass is 16.5. The molecule has 5 heteroatoms. The number of piperazine rings is 1. The maximum atomic E-state index is 12.3. The lowest BCUT2D eigenvalue weighted by Crippen LogP contribution is -2.50. The molecule has 0 aliphatic carbocycles. The summed E-state index contributed by atoms with van der Waals surface area (Å²) in [5.74, 6) is 0.819. The Hall–Kier alpha value is -2.79. The Bertz CT molecular complexity index is 721. The molecule has 0 aromatic heterocycles. The van der Waals surface area contributed by atoms with Crippen molar-refractivity contribution in [2.45, 2.75) is 6.54 Å². The molecule has 1 aliphatic rings. The molecule has 26 heavy (non-hydrogen) atoms. The molecule has 0 atom stereocenters. The summed E-state index contributed by atoms with van der Waals surface area (Å²) in [6.45, 7) is 4.22. The van der Waals surface area contributed by atoms with E-state index in [1.807, 2.05) is 41.3 Å². The van der Waals surface area contributed by atoms with E-state index in [2.05, 4.69) is 34.5 Å². The van der Waals surface area contributed by atoms with Crippen LogP contribution in [0.2, 0.25) is 0 Å². The molecule has 1 fully saturated rings. The molecular weight excluding hydrogens is 326 g/mol. The minimum atomic E-state index is -0.0471. The second-order valence-corrected chi connectivity index (χ2v) is 6.30. The zero-order valence-corrected chi connectivity index (χ0v) is 15.1. The van der Waals surface area contributed by atoms with Crippen LogP contribution < -0.4 is 10.1 Å². The standard InChI is InChI=1S/C21H25N3O2/c1-26-20-9-7-18(8-10-20)11-12-22-21(25)24-15-13-23(14-16-24)17-19-5-3-2-4-6-19/h2-12H,13-17H2,1H3,(H,22,25)/b12-11+. The number of nitrogens with zero attached hydrogens (tertiary/aromatic N) is 2. The van der Waals surface area contributed by atoms with Crippen LogP contribution in [0.3, 0.4) is 0 Å². The van der Waals surface area contributed by atoms with Crippen molar-refractivity contribution < 1.29 is 9.53 Å². The van der Waals surface area contributed by atoms with Crippen LogP contribution in [0.5, 0.6) is 5.75 Å². The third-order valence-electron chi connectivity index (χ3n) is 4.51. The van der Waals surface area contributed by atoms with Gasteiger partial charge in [0.2, 0.25) is 0 Å². The largest absolute Gasteiger partial charge is 0.497 e. The summed E-state index contributed by atoms with van der Waals surface area (Å²) in [6, 6.07) is 18.1. The monoisotopic (exact) mass is 351 g/mol.